The molecular formula is C19H30N4OS. The van der Waals surface area contributed by atoms with Crippen molar-refractivity contribution in [2.75, 3.05) is 27.2 Å². The maximum Gasteiger partial charge on any atom is 0.243 e. The number of nitrogens with one attached hydrogen (secondary N) is 2. The van der Waals surface area contributed by atoms with E-state index in [9.17, 15) is 4.79 Å². The van der Waals surface area contributed by atoms with Crippen LogP contribution in [0, 0.1) is 0 Å². The number of guanidine groups is 1. The van der Waals surface area contributed by atoms with Gasteiger partial charge in [-0.15, -0.1) is 11.8 Å². The lowest BCUT2D eigenvalue weighted by molar-refractivity contribution is -0.127. The summed E-state index contributed by atoms with van der Waals surface area (Å²) in [6.45, 7) is 3.17. The van der Waals surface area contributed by atoms with Gasteiger partial charge in [-0.1, -0.05) is 38.0 Å². The number of nitrogens with zero attached hydrogens (tertiary/aromatic N) is 2. The topological polar surface area (TPSA) is 56.7 Å². The van der Waals surface area contributed by atoms with Gasteiger partial charge in [-0.2, -0.15) is 0 Å². The number of hydrogen-bond acceptors (Lipinski definition) is 3. The fraction of sp³-hybridized carbons (Fsp3) is 0.579. The maximum atomic E-state index is 11.8. The van der Waals surface area contributed by atoms with Crippen molar-refractivity contribution in [2.45, 2.75) is 48.8 Å². The highest BCUT2D eigenvalue weighted by molar-refractivity contribution is 8.00. The van der Waals surface area contributed by atoms with E-state index < -0.39 is 0 Å². The number of hydrogen-bond donors (Lipinski definition) is 2. The van der Waals surface area contributed by atoms with Crippen LogP contribution in [0.4, 0.5) is 0 Å². The Morgan fingerprint density at radius 1 is 1.28 bits per heavy atom. The molecule has 0 aromatic heterocycles. The van der Waals surface area contributed by atoms with Crippen LogP contribution in [0.3, 0.4) is 0 Å². The number of carbonyl (C=O) groups is 1. The van der Waals surface area contributed by atoms with Crippen molar-refractivity contribution in [1.29, 1.82) is 0 Å². The first-order chi connectivity index (χ1) is 12.0. The van der Waals surface area contributed by atoms with Crippen LogP contribution in [-0.4, -0.2) is 55.2 Å². The zero-order valence-electron chi connectivity index (χ0n) is 15.5. The standard InChI is InChI=1S/C19H30N4OS/c1-15(25-17-11-5-4-6-12-17)13-20-19(21-14-18(24)23(2)3)22-16-9-7-8-10-16/h4-6,11-12,15-16H,7-10,13-14H2,1-3H3,(H2,20,21,22). The minimum absolute atomic E-state index is 0.0132. The van der Waals surface area contributed by atoms with Crippen LogP contribution < -0.4 is 10.6 Å². The van der Waals surface area contributed by atoms with Crippen molar-refractivity contribution < 1.29 is 4.79 Å². The van der Waals surface area contributed by atoms with Crippen LogP contribution in [0.25, 0.3) is 0 Å². The molecule has 25 heavy (non-hydrogen) atoms. The lowest BCUT2D eigenvalue weighted by atomic mass is 10.2. The Morgan fingerprint density at radius 3 is 2.60 bits per heavy atom. The summed E-state index contributed by atoms with van der Waals surface area (Å²) in [7, 11) is 3.52. The van der Waals surface area contributed by atoms with Crippen molar-refractivity contribution in [3.05, 3.63) is 30.3 Å². The molecule has 1 aliphatic carbocycles. The minimum Gasteiger partial charge on any atom is -0.355 e. The SMILES string of the molecule is CC(CNC(=NCC(=O)N(C)C)NC1CCCC1)Sc1ccccc1. The van der Waals surface area contributed by atoms with E-state index in [1.807, 2.05) is 17.8 Å². The van der Waals surface area contributed by atoms with Gasteiger partial charge in [0.25, 0.3) is 0 Å². The fourth-order valence-electron chi connectivity index (χ4n) is 2.72. The van der Waals surface area contributed by atoms with Crippen LogP contribution in [0.2, 0.25) is 0 Å². The van der Waals surface area contributed by atoms with Crippen LogP contribution in [-0.2, 0) is 4.79 Å². The highest BCUT2D eigenvalue weighted by Crippen LogP contribution is 2.22. The first-order valence-corrected chi connectivity index (χ1v) is 9.89. The van der Waals surface area contributed by atoms with Gasteiger partial charge in [0, 0.05) is 36.8 Å². The Morgan fingerprint density at radius 2 is 1.96 bits per heavy atom. The predicted molar refractivity (Wildman–Crippen MR) is 106 cm³/mol. The van der Waals surface area contributed by atoms with E-state index in [-0.39, 0.29) is 12.5 Å². The number of likely N-dealkylation sites (N-methyl/N-ethyl adjacent to an activating group) is 1. The van der Waals surface area contributed by atoms with Crippen LogP contribution in [0.1, 0.15) is 32.6 Å². The van der Waals surface area contributed by atoms with E-state index in [4.69, 9.17) is 0 Å². The van der Waals surface area contributed by atoms with Gasteiger partial charge >= 0.3 is 0 Å². The Bertz CT molecular complexity index is 556. The Kier molecular flexibility index (Phi) is 8.12. The molecule has 1 aromatic rings. The summed E-state index contributed by atoms with van der Waals surface area (Å²) in [5, 5.41) is 7.30. The number of thioether (sulfide) groups is 1. The minimum atomic E-state index is 0.0132. The van der Waals surface area contributed by atoms with E-state index in [0.717, 1.165) is 12.5 Å². The third kappa shape index (κ3) is 7.38. The molecule has 0 spiro atoms. The first kappa shape index (κ1) is 19.6. The molecule has 1 aromatic carbocycles. The second kappa shape index (κ2) is 10.3. The quantitative estimate of drug-likeness (QED) is 0.445. The number of amides is 1. The van der Waals surface area contributed by atoms with Crippen molar-refractivity contribution >= 4 is 23.6 Å². The Hall–Kier alpha value is -1.69. The lowest BCUT2D eigenvalue weighted by Crippen LogP contribution is -2.44. The second-order valence-corrected chi connectivity index (χ2v) is 8.21. The van der Waals surface area contributed by atoms with Gasteiger partial charge in [-0.3, -0.25) is 4.79 Å². The summed E-state index contributed by atoms with van der Waals surface area (Å²) in [5.74, 6) is 0.766. The number of aliphatic imine (C=N–C) groups is 1. The van der Waals surface area contributed by atoms with Gasteiger partial charge in [0.05, 0.1) is 0 Å². The zero-order valence-corrected chi connectivity index (χ0v) is 16.3. The molecule has 1 saturated carbocycles. The third-order valence-electron chi connectivity index (χ3n) is 4.20. The number of benzene rings is 1. The largest absolute Gasteiger partial charge is 0.355 e. The van der Waals surface area contributed by atoms with Gasteiger partial charge in [-0.05, 0) is 25.0 Å². The summed E-state index contributed by atoms with van der Waals surface area (Å²) >= 11 is 1.84. The Balaban J connectivity index is 1.87. The molecule has 1 aliphatic rings. The molecule has 2 N–H and O–H groups in total. The maximum absolute atomic E-state index is 11.8. The molecule has 5 nitrogen and oxygen atoms in total. The lowest BCUT2D eigenvalue weighted by Gasteiger charge is -2.20. The molecule has 1 unspecified atom stereocenters. The van der Waals surface area contributed by atoms with Crippen molar-refractivity contribution in [3.8, 4) is 0 Å². The monoisotopic (exact) mass is 362 g/mol. The highest BCUT2D eigenvalue weighted by Gasteiger charge is 2.17. The molecule has 0 saturated heterocycles. The Labute approximate surface area is 155 Å². The summed E-state index contributed by atoms with van der Waals surface area (Å²) in [4.78, 5) is 19.1. The second-order valence-electron chi connectivity index (χ2n) is 6.70. The smallest absolute Gasteiger partial charge is 0.243 e. The summed E-state index contributed by atoms with van der Waals surface area (Å²) in [5.41, 5.74) is 0. The number of carbonyl (C=O) groups excluding carboxylic acids is 1. The molecule has 0 heterocycles. The highest BCUT2D eigenvalue weighted by atomic mass is 32.2. The van der Waals surface area contributed by atoms with E-state index in [2.05, 4.69) is 46.8 Å². The molecule has 138 valence electrons. The van der Waals surface area contributed by atoms with E-state index in [1.165, 1.54) is 30.6 Å². The van der Waals surface area contributed by atoms with Crippen LogP contribution in [0.5, 0.6) is 0 Å². The van der Waals surface area contributed by atoms with Gasteiger partial charge < -0.3 is 15.5 Å². The molecule has 0 radical (unpaired) electrons. The molecule has 2 rings (SSSR count). The van der Waals surface area contributed by atoms with E-state index >= 15 is 0 Å². The molecule has 1 amide bonds. The molecular weight excluding hydrogens is 332 g/mol. The van der Waals surface area contributed by atoms with Gasteiger partial charge in [0.1, 0.15) is 6.54 Å². The van der Waals surface area contributed by atoms with E-state index in [1.54, 1.807) is 19.0 Å². The van der Waals surface area contributed by atoms with Crippen molar-refractivity contribution in [3.63, 3.8) is 0 Å². The summed E-state index contributed by atoms with van der Waals surface area (Å²) in [6.07, 6.45) is 4.89. The van der Waals surface area contributed by atoms with E-state index in [0.29, 0.717) is 11.3 Å². The normalized spacial score (nSPS) is 16.5. The third-order valence-corrected chi connectivity index (χ3v) is 5.32. The predicted octanol–water partition coefficient (Wildman–Crippen LogP) is 2.73. The van der Waals surface area contributed by atoms with Gasteiger partial charge in [0.15, 0.2) is 5.96 Å². The van der Waals surface area contributed by atoms with Crippen LogP contribution >= 0.6 is 11.8 Å². The fourth-order valence-corrected chi connectivity index (χ4v) is 3.66. The van der Waals surface area contributed by atoms with Crippen molar-refractivity contribution in [1.82, 2.24) is 15.5 Å². The summed E-state index contributed by atoms with van der Waals surface area (Å²) in [6, 6.07) is 10.9. The molecule has 0 aliphatic heterocycles. The van der Waals surface area contributed by atoms with Crippen LogP contribution in [0.15, 0.2) is 40.2 Å². The van der Waals surface area contributed by atoms with Crippen molar-refractivity contribution in [2.24, 2.45) is 4.99 Å². The zero-order chi connectivity index (χ0) is 18.1. The van der Waals surface area contributed by atoms with Gasteiger partial charge in [-0.25, -0.2) is 4.99 Å². The average Bonchev–Trinajstić information content (AvgIpc) is 3.10. The summed E-state index contributed by atoms with van der Waals surface area (Å²) < 4.78 is 0. The number of rotatable bonds is 7. The molecule has 1 atom stereocenters. The molecule has 1 fully saturated rings. The molecule has 0 bridgehead atoms. The van der Waals surface area contributed by atoms with Gasteiger partial charge in [0.2, 0.25) is 5.91 Å². The average molecular weight is 363 g/mol. The first-order valence-electron chi connectivity index (χ1n) is 9.01. The molecule has 6 heteroatoms.